The minimum Gasteiger partial charge on any atom is -0.492 e. The second-order valence-corrected chi connectivity index (χ2v) is 4.81. The van der Waals surface area contributed by atoms with E-state index in [-0.39, 0.29) is 5.69 Å². The zero-order valence-corrected chi connectivity index (χ0v) is 12.0. The van der Waals surface area contributed by atoms with Gasteiger partial charge in [0.1, 0.15) is 12.4 Å². The lowest BCUT2D eigenvalue weighted by molar-refractivity contribution is -0.384. The van der Waals surface area contributed by atoms with Crippen molar-refractivity contribution in [1.82, 2.24) is 10.2 Å². The Labute approximate surface area is 124 Å². The summed E-state index contributed by atoms with van der Waals surface area (Å²) in [7, 11) is 0. The molecule has 1 saturated heterocycles. The fourth-order valence-electron chi connectivity index (χ4n) is 2.11. The van der Waals surface area contributed by atoms with Crippen molar-refractivity contribution in [3.63, 3.8) is 0 Å². The van der Waals surface area contributed by atoms with Gasteiger partial charge in [-0.25, -0.2) is 0 Å². The number of hydrogen-bond donors (Lipinski definition) is 1. The molecule has 7 heteroatoms. The van der Waals surface area contributed by atoms with Crippen LogP contribution in [0.3, 0.4) is 0 Å². The third-order valence-electron chi connectivity index (χ3n) is 3.28. The minimum atomic E-state index is -0.423. The second kappa shape index (κ2) is 8.56. The number of hydrogen-bond acceptors (Lipinski definition) is 6. The molecule has 1 N–H and O–H groups in total. The van der Waals surface area contributed by atoms with Gasteiger partial charge >= 0.3 is 0 Å². The van der Waals surface area contributed by atoms with Crippen molar-refractivity contribution >= 4 is 5.69 Å². The highest BCUT2D eigenvalue weighted by Gasteiger charge is 2.09. The van der Waals surface area contributed by atoms with Gasteiger partial charge in [0, 0.05) is 38.8 Å². The molecule has 0 amide bonds. The minimum absolute atomic E-state index is 0.0489. The first-order chi connectivity index (χ1) is 10.3. The van der Waals surface area contributed by atoms with Gasteiger partial charge in [-0.05, 0) is 6.07 Å². The van der Waals surface area contributed by atoms with Crippen LogP contribution in [0, 0.1) is 10.1 Å². The van der Waals surface area contributed by atoms with Gasteiger partial charge in [0.2, 0.25) is 0 Å². The van der Waals surface area contributed by atoms with Crippen molar-refractivity contribution in [2.45, 2.75) is 0 Å². The maximum atomic E-state index is 10.6. The van der Waals surface area contributed by atoms with Crippen LogP contribution in [0.25, 0.3) is 0 Å². The molecule has 0 spiro atoms. The quantitative estimate of drug-likeness (QED) is 0.436. The highest BCUT2D eigenvalue weighted by molar-refractivity contribution is 5.37. The van der Waals surface area contributed by atoms with E-state index in [2.05, 4.69) is 10.2 Å². The molecule has 21 heavy (non-hydrogen) atoms. The van der Waals surface area contributed by atoms with Gasteiger partial charge in [0.05, 0.1) is 24.2 Å². The summed E-state index contributed by atoms with van der Waals surface area (Å²) in [5.41, 5.74) is 0.0489. The van der Waals surface area contributed by atoms with Crippen molar-refractivity contribution in [2.75, 3.05) is 52.5 Å². The van der Waals surface area contributed by atoms with E-state index in [9.17, 15) is 10.1 Å². The first kappa shape index (κ1) is 15.7. The summed E-state index contributed by atoms with van der Waals surface area (Å²) in [5.74, 6) is 0.527. The van der Waals surface area contributed by atoms with E-state index in [1.165, 1.54) is 12.1 Å². The topological polar surface area (TPSA) is 76.9 Å². The van der Waals surface area contributed by atoms with Crippen LogP contribution in [0.4, 0.5) is 5.69 Å². The van der Waals surface area contributed by atoms with Crippen LogP contribution < -0.4 is 10.1 Å². The predicted molar refractivity (Wildman–Crippen MR) is 78.7 cm³/mol. The number of rotatable bonds is 8. The molecule has 0 aromatic heterocycles. The van der Waals surface area contributed by atoms with E-state index in [4.69, 9.17) is 9.47 Å². The summed E-state index contributed by atoms with van der Waals surface area (Å²) < 4.78 is 10.8. The lowest BCUT2D eigenvalue weighted by atomic mass is 10.3. The molecule has 1 aliphatic rings. The van der Waals surface area contributed by atoms with Crippen LogP contribution in [0.5, 0.6) is 5.75 Å². The summed E-state index contributed by atoms with van der Waals surface area (Å²) in [6.07, 6.45) is 0. The Bertz CT molecular complexity index is 450. The van der Waals surface area contributed by atoms with E-state index in [0.29, 0.717) is 18.9 Å². The molecule has 1 aromatic rings. The van der Waals surface area contributed by atoms with Crippen LogP contribution in [-0.4, -0.2) is 62.4 Å². The Kier molecular flexibility index (Phi) is 6.39. The number of morpholine rings is 1. The zero-order valence-electron chi connectivity index (χ0n) is 12.0. The Morgan fingerprint density at radius 3 is 2.90 bits per heavy atom. The average Bonchev–Trinajstić information content (AvgIpc) is 2.52. The summed E-state index contributed by atoms with van der Waals surface area (Å²) >= 11 is 0. The molecule has 0 unspecified atom stereocenters. The summed E-state index contributed by atoms with van der Waals surface area (Å²) in [6.45, 7) is 6.72. The first-order valence-corrected chi connectivity index (χ1v) is 7.14. The van der Waals surface area contributed by atoms with Crippen LogP contribution in [-0.2, 0) is 4.74 Å². The Morgan fingerprint density at radius 1 is 1.33 bits per heavy atom. The number of ether oxygens (including phenoxy) is 2. The number of nitrogens with zero attached hydrogens (tertiary/aromatic N) is 2. The standard InChI is InChI=1S/C14H21N3O4/c18-17(19)13-2-1-3-14(12-13)21-9-5-15-4-6-16-7-10-20-11-8-16/h1-3,12,15H,4-11H2. The third-order valence-corrected chi connectivity index (χ3v) is 3.28. The monoisotopic (exact) mass is 295 g/mol. The lowest BCUT2D eigenvalue weighted by Crippen LogP contribution is -2.40. The van der Waals surface area contributed by atoms with Gasteiger partial charge in [-0.1, -0.05) is 6.07 Å². The zero-order chi connectivity index (χ0) is 14.9. The van der Waals surface area contributed by atoms with Gasteiger partial charge in [0.25, 0.3) is 5.69 Å². The summed E-state index contributed by atoms with van der Waals surface area (Å²) in [5, 5.41) is 13.9. The van der Waals surface area contributed by atoms with Crippen molar-refractivity contribution in [3.8, 4) is 5.75 Å². The Morgan fingerprint density at radius 2 is 2.14 bits per heavy atom. The first-order valence-electron chi connectivity index (χ1n) is 7.14. The fraction of sp³-hybridized carbons (Fsp3) is 0.571. The maximum absolute atomic E-state index is 10.6. The van der Waals surface area contributed by atoms with Crippen LogP contribution in [0.2, 0.25) is 0 Å². The molecule has 0 saturated carbocycles. The second-order valence-electron chi connectivity index (χ2n) is 4.81. The average molecular weight is 295 g/mol. The molecule has 2 rings (SSSR count). The lowest BCUT2D eigenvalue weighted by Gasteiger charge is -2.26. The number of non-ortho nitro benzene ring substituents is 1. The summed E-state index contributed by atoms with van der Waals surface area (Å²) in [6, 6.07) is 6.24. The van der Waals surface area contributed by atoms with Crippen molar-refractivity contribution < 1.29 is 14.4 Å². The number of nitro benzene ring substituents is 1. The molecule has 7 nitrogen and oxygen atoms in total. The van der Waals surface area contributed by atoms with Gasteiger partial charge in [-0.2, -0.15) is 0 Å². The van der Waals surface area contributed by atoms with E-state index >= 15 is 0 Å². The molecule has 1 aliphatic heterocycles. The molecule has 116 valence electrons. The van der Waals surface area contributed by atoms with Gasteiger partial charge in [-0.15, -0.1) is 0 Å². The predicted octanol–water partition coefficient (Wildman–Crippen LogP) is 0.895. The van der Waals surface area contributed by atoms with Gasteiger partial charge in [-0.3, -0.25) is 15.0 Å². The van der Waals surface area contributed by atoms with E-state index in [1.54, 1.807) is 12.1 Å². The van der Waals surface area contributed by atoms with Crippen molar-refractivity contribution in [3.05, 3.63) is 34.4 Å². The molecular weight excluding hydrogens is 274 g/mol. The highest BCUT2D eigenvalue weighted by Crippen LogP contribution is 2.18. The maximum Gasteiger partial charge on any atom is 0.273 e. The number of nitro groups is 1. The summed E-state index contributed by atoms with van der Waals surface area (Å²) in [4.78, 5) is 12.6. The Hall–Kier alpha value is -1.70. The fourth-order valence-corrected chi connectivity index (χ4v) is 2.11. The smallest absolute Gasteiger partial charge is 0.273 e. The molecule has 1 heterocycles. The third kappa shape index (κ3) is 5.66. The van der Waals surface area contributed by atoms with E-state index in [0.717, 1.165) is 39.4 Å². The molecule has 0 radical (unpaired) electrons. The van der Waals surface area contributed by atoms with Gasteiger partial charge < -0.3 is 14.8 Å². The van der Waals surface area contributed by atoms with Crippen LogP contribution in [0.15, 0.2) is 24.3 Å². The van der Waals surface area contributed by atoms with E-state index < -0.39 is 4.92 Å². The van der Waals surface area contributed by atoms with E-state index in [1.807, 2.05) is 0 Å². The van der Waals surface area contributed by atoms with Crippen molar-refractivity contribution in [2.24, 2.45) is 0 Å². The molecular formula is C14H21N3O4. The number of benzene rings is 1. The van der Waals surface area contributed by atoms with Crippen LogP contribution in [0.1, 0.15) is 0 Å². The Balaban J connectivity index is 1.57. The van der Waals surface area contributed by atoms with Crippen LogP contribution >= 0.6 is 0 Å². The largest absolute Gasteiger partial charge is 0.492 e. The van der Waals surface area contributed by atoms with Gasteiger partial charge in [0.15, 0.2) is 0 Å². The molecule has 0 atom stereocenters. The molecule has 1 aromatic carbocycles. The molecule has 0 bridgehead atoms. The molecule has 0 aliphatic carbocycles. The highest BCUT2D eigenvalue weighted by atomic mass is 16.6. The molecule has 1 fully saturated rings. The number of nitrogens with one attached hydrogen (secondary N) is 1. The van der Waals surface area contributed by atoms with Crippen molar-refractivity contribution in [1.29, 1.82) is 0 Å². The normalized spacial score (nSPS) is 15.8. The SMILES string of the molecule is O=[N+]([O-])c1cccc(OCCNCCN2CCOCC2)c1.